The molecule has 20 heavy (non-hydrogen) atoms. The van der Waals surface area contributed by atoms with Crippen LogP contribution in [-0.4, -0.2) is 37.2 Å². The molecular weight excluding hydrogens is 276 g/mol. The van der Waals surface area contributed by atoms with Gasteiger partial charge in [-0.1, -0.05) is 32.6 Å². The van der Waals surface area contributed by atoms with E-state index in [2.05, 4.69) is 24.5 Å². The van der Waals surface area contributed by atoms with Crippen molar-refractivity contribution in [3.05, 3.63) is 0 Å². The topological polar surface area (TPSA) is 50.4 Å². The van der Waals surface area contributed by atoms with Crippen LogP contribution in [0.25, 0.3) is 0 Å². The molecule has 4 nitrogen and oxygen atoms in total. The second kappa shape index (κ2) is 11.4. The van der Waals surface area contributed by atoms with Crippen LogP contribution in [0.3, 0.4) is 0 Å². The molecule has 2 N–H and O–H groups in total. The van der Waals surface area contributed by atoms with Gasteiger partial charge in [0.05, 0.1) is 6.10 Å². The quantitative estimate of drug-likeness (QED) is 0.711. The number of carbonyl (C=O) groups excluding carboxylic acids is 1. The van der Waals surface area contributed by atoms with Crippen molar-refractivity contribution in [1.29, 1.82) is 0 Å². The number of likely N-dealkylation sites (N-methyl/N-ethyl adjacent to an activating group) is 1. The van der Waals surface area contributed by atoms with Gasteiger partial charge in [-0.2, -0.15) is 0 Å². The summed E-state index contributed by atoms with van der Waals surface area (Å²) in [5, 5.41) is 6.22. The van der Waals surface area contributed by atoms with E-state index >= 15 is 0 Å². The van der Waals surface area contributed by atoms with Crippen LogP contribution < -0.4 is 10.6 Å². The Morgan fingerprint density at radius 1 is 1.20 bits per heavy atom. The van der Waals surface area contributed by atoms with E-state index in [0.717, 1.165) is 19.4 Å². The van der Waals surface area contributed by atoms with Crippen molar-refractivity contribution in [1.82, 2.24) is 10.6 Å². The Labute approximate surface area is 129 Å². The smallest absolute Gasteiger partial charge is 0.248 e. The zero-order chi connectivity index (χ0) is 14.1. The van der Waals surface area contributed by atoms with Crippen LogP contribution >= 0.6 is 12.4 Å². The van der Waals surface area contributed by atoms with Crippen LogP contribution in [0.15, 0.2) is 0 Å². The van der Waals surface area contributed by atoms with E-state index in [1.807, 2.05) is 6.92 Å². The first kappa shape index (κ1) is 19.7. The maximum absolute atomic E-state index is 11.9. The van der Waals surface area contributed by atoms with E-state index in [-0.39, 0.29) is 30.5 Å². The molecule has 1 unspecified atom stereocenters. The summed E-state index contributed by atoms with van der Waals surface area (Å²) in [6, 6.07) is 0.305. The standard InChI is InChI=1S/C15H30N2O2.ClH/c1-4-16-12(2)11-17-15(18)13(3)19-14-9-7-5-6-8-10-14;/h12-14,16H,4-11H2,1-3H3,(H,17,18);1H/t12-,13?;/m1./s1. The molecule has 0 spiro atoms. The lowest BCUT2D eigenvalue weighted by molar-refractivity contribution is -0.135. The summed E-state index contributed by atoms with van der Waals surface area (Å²) in [5.41, 5.74) is 0. The lowest BCUT2D eigenvalue weighted by Crippen LogP contribution is -2.43. The van der Waals surface area contributed by atoms with Crippen molar-refractivity contribution >= 4 is 18.3 Å². The summed E-state index contributed by atoms with van der Waals surface area (Å²) < 4.78 is 5.89. The molecule has 2 atom stereocenters. The molecular formula is C15H31ClN2O2. The zero-order valence-corrected chi connectivity index (χ0v) is 13.9. The summed E-state index contributed by atoms with van der Waals surface area (Å²) in [6.07, 6.45) is 7.22. The first-order valence-electron chi connectivity index (χ1n) is 7.80. The molecule has 0 aliphatic heterocycles. The zero-order valence-electron chi connectivity index (χ0n) is 13.1. The molecule has 1 fully saturated rings. The highest BCUT2D eigenvalue weighted by atomic mass is 35.5. The average molecular weight is 307 g/mol. The molecule has 0 saturated heterocycles. The number of amides is 1. The van der Waals surface area contributed by atoms with Gasteiger partial charge in [0.15, 0.2) is 0 Å². The van der Waals surface area contributed by atoms with Crippen molar-refractivity contribution in [2.45, 2.75) is 77.5 Å². The summed E-state index contributed by atoms with van der Waals surface area (Å²) in [4.78, 5) is 11.9. The van der Waals surface area contributed by atoms with E-state index in [1.54, 1.807) is 0 Å². The van der Waals surface area contributed by atoms with E-state index < -0.39 is 0 Å². The lowest BCUT2D eigenvalue weighted by atomic mass is 10.1. The third-order valence-electron chi connectivity index (χ3n) is 3.70. The third kappa shape index (κ3) is 8.08. The van der Waals surface area contributed by atoms with Crippen LogP contribution in [-0.2, 0) is 9.53 Å². The first-order chi connectivity index (χ1) is 9.13. The largest absolute Gasteiger partial charge is 0.365 e. The molecule has 1 saturated carbocycles. The van der Waals surface area contributed by atoms with E-state index in [4.69, 9.17) is 4.74 Å². The lowest BCUT2D eigenvalue weighted by Gasteiger charge is -2.21. The van der Waals surface area contributed by atoms with Gasteiger partial charge in [-0.25, -0.2) is 0 Å². The van der Waals surface area contributed by atoms with Crippen LogP contribution in [0.2, 0.25) is 0 Å². The number of rotatable bonds is 7. The summed E-state index contributed by atoms with van der Waals surface area (Å²) in [6.45, 7) is 7.57. The van der Waals surface area contributed by atoms with Crippen molar-refractivity contribution in [3.63, 3.8) is 0 Å². The predicted octanol–water partition coefficient (Wildman–Crippen LogP) is 2.65. The molecule has 0 aromatic rings. The molecule has 1 rings (SSSR count). The van der Waals surface area contributed by atoms with E-state index in [0.29, 0.717) is 12.6 Å². The SMILES string of the molecule is CCN[C@H](C)CNC(=O)C(C)OC1CCCCCC1.Cl. The molecule has 0 heterocycles. The maximum atomic E-state index is 11.9. The van der Waals surface area contributed by atoms with Gasteiger partial charge in [0, 0.05) is 12.6 Å². The highest BCUT2D eigenvalue weighted by Gasteiger charge is 2.20. The summed E-state index contributed by atoms with van der Waals surface area (Å²) >= 11 is 0. The van der Waals surface area contributed by atoms with Crippen LogP contribution in [0.4, 0.5) is 0 Å². The minimum Gasteiger partial charge on any atom is -0.365 e. The van der Waals surface area contributed by atoms with Gasteiger partial charge >= 0.3 is 0 Å². The molecule has 0 aromatic carbocycles. The Kier molecular flexibility index (Phi) is 11.2. The molecule has 1 aliphatic rings. The van der Waals surface area contributed by atoms with Crippen molar-refractivity contribution in [2.75, 3.05) is 13.1 Å². The number of carbonyl (C=O) groups is 1. The van der Waals surface area contributed by atoms with Crippen molar-refractivity contribution in [3.8, 4) is 0 Å². The van der Waals surface area contributed by atoms with Gasteiger partial charge in [-0.15, -0.1) is 12.4 Å². The Morgan fingerprint density at radius 2 is 1.80 bits per heavy atom. The average Bonchev–Trinajstić information content (AvgIpc) is 2.65. The van der Waals surface area contributed by atoms with Gasteiger partial charge in [0.25, 0.3) is 0 Å². The van der Waals surface area contributed by atoms with Crippen LogP contribution in [0, 0.1) is 0 Å². The Balaban J connectivity index is 0.00000361. The normalized spacial score (nSPS) is 19.6. The predicted molar refractivity (Wildman–Crippen MR) is 85.4 cm³/mol. The van der Waals surface area contributed by atoms with Crippen molar-refractivity contribution < 1.29 is 9.53 Å². The Bertz CT molecular complexity index is 256. The first-order valence-corrected chi connectivity index (χ1v) is 7.80. The number of ether oxygens (including phenoxy) is 1. The second-order valence-corrected chi connectivity index (χ2v) is 5.60. The number of halogens is 1. The number of hydrogen-bond donors (Lipinski definition) is 2. The minimum absolute atomic E-state index is 0. The molecule has 0 aromatic heterocycles. The Morgan fingerprint density at radius 3 is 2.35 bits per heavy atom. The monoisotopic (exact) mass is 306 g/mol. The third-order valence-corrected chi connectivity index (χ3v) is 3.70. The van der Waals surface area contributed by atoms with Gasteiger partial charge in [-0.3, -0.25) is 4.79 Å². The fourth-order valence-corrected chi connectivity index (χ4v) is 2.55. The van der Waals surface area contributed by atoms with Gasteiger partial charge in [0.2, 0.25) is 5.91 Å². The molecule has 120 valence electrons. The minimum atomic E-state index is -0.336. The fourth-order valence-electron chi connectivity index (χ4n) is 2.55. The van der Waals surface area contributed by atoms with Gasteiger partial charge < -0.3 is 15.4 Å². The fraction of sp³-hybridized carbons (Fsp3) is 0.933. The molecule has 1 aliphatic carbocycles. The molecule has 1 amide bonds. The Hall–Kier alpha value is -0.320. The van der Waals surface area contributed by atoms with E-state index in [1.165, 1.54) is 25.7 Å². The van der Waals surface area contributed by atoms with Gasteiger partial charge in [0.1, 0.15) is 6.10 Å². The van der Waals surface area contributed by atoms with Crippen LogP contribution in [0.5, 0.6) is 0 Å². The molecule has 0 bridgehead atoms. The number of hydrogen-bond acceptors (Lipinski definition) is 3. The number of nitrogens with one attached hydrogen (secondary N) is 2. The van der Waals surface area contributed by atoms with E-state index in [9.17, 15) is 4.79 Å². The molecule has 0 radical (unpaired) electrons. The maximum Gasteiger partial charge on any atom is 0.248 e. The van der Waals surface area contributed by atoms with Gasteiger partial charge in [-0.05, 0) is 33.2 Å². The second-order valence-electron chi connectivity index (χ2n) is 5.60. The van der Waals surface area contributed by atoms with Crippen molar-refractivity contribution in [2.24, 2.45) is 0 Å². The van der Waals surface area contributed by atoms with Crippen LogP contribution in [0.1, 0.15) is 59.3 Å². The highest BCUT2D eigenvalue weighted by Crippen LogP contribution is 2.20. The molecule has 5 heteroatoms. The summed E-state index contributed by atoms with van der Waals surface area (Å²) in [5.74, 6) is 0.00833. The highest BCUT2D eigenvalue weighted by molar-refractivity contribution is 5.85. The summed E-state index contributed by atoms with van der Waals surface area (Å²) in [7, 11) is 0.